The maximum atomic E-state index is 14.4. The van der Waals surface area contributed by atoms with E-state index in [2.05, 4.69) is 62.8 Å². The Balaban J connectivity index is 0.984. The number of aromatic amines is 1. The molecule has 0 fully saturated rings. The number of aromatic hydroxyl groups is 1. The number of imidazole rings is 1. The van der Waals surface area contributed by atoms with Gasteiger partial charge in [0.15, 0.2) is 0 Å². The van der Waals surface area contributed by atoms with Crippen molar-refractivity contribution in [1.29, 1.82) is 0 Å². The Labute approximate surface area is 742 Å². The van der Waals surface area contributed by atoms with Gasteiger partial charge in [-0.25, -0.2) is 9.67 Å². The summed E-state index contributed by atoms with van der Waals surface area (Å²) >= 11 is 0. The number of phenols is 1. The number of hydrogen-bond donors (Lipinski definition) is 22. The van der Waals surface area contributed by atoms with E-state index in [1.165, 1.54) is 62.8 Å². The van der Waals surface area contributed by atoms with Crippen molar-refractivity contribution in [1.82, 2.24) is 88.8 Å². The third kappa shape index (κ3) is 31.8. The first kappa shape index (κ1) is 101. The summed E-state index contributed by atoms with van der Waals surface area (Å²) in [4.78, 5) is 247. The predicted octanol–water partition coefficient (Wildman–Crippen LogP) is -2.34. The second-order valence-electron chi connectivity index (χ2n) is 31.0. The van der Waals surface area contributed by atoms with Crippen LogP contribution in [0, 0.1) is 11.8 Å². The molecule has 13 atom stereocenters. The first-order chi connectivity index (χ1) is 61.5. The van der Waals surface area contributed by atoms with Gasteiger partial charge in [0, 0.05) is 19.0 Å². The largest absolute Gasteiger partial charge is 0.508 e. The third-order valence-electron chi connectivity index (χ3n) is 19.7. The normalized spacial score (nSPS) is 14.0. The van der Waals surface area contributed by atoms with Crippen molar-refractivity contribution in [3.63, 3.8) is 0 Å². The molecule has 0 aliphatic carbocycles. The molecule has 44 nitrogen and oxygen atoms in total. The van der Waals surface area contributed by atoms with E-state index in [1.807, 2.05) is 137 Å². The van der Waals surface area contributed by atoms with E-state index in [0.29, 0.717) is 5.56 Å². The molecule has 0 saturated carbocycles. The highest BCUT2D eigenvalue weighted by molar-refractivity contribution is 6.06. The summed E-state index contributed by atoms with van der Waals surface area (Å²) in [6.07, 6.45) is -5.28. The minimum atomic E-state index is -2.42. The molecule has 24 N–H and O–H groups in total. The third-order valence-corrected chi connectivity index (χ3v) is 19.7. The highest BCUT2D eigenvalue weighted by atomic mass is 16.4. The van der Waals surface area contributed by atoms with Gasteiger partial charge in [0.25, 0.3) is 0 Å². The number of aliphatic hydroxyl groups is 1. The van der Waals surface area contributed by atoms with Crippen molar-refractivity contribution in [2.45, 2.75) is 178 Å². The minimum absolute atomic E-state index is 0.130. The number of aliphatic carboxylic acids is 5. The quantitative estimate of drug-likeness (QED) is 0.0178. The molecular formula is C86H103N19O25. The molecule has 5 aromatic carbocycles. The molecule has 692 valence electrons. The van der Waals surface area contributed by atoms with Crippen LogP contribution < -0.4 is 75.3 Å². The summed E-state index contributed by atoms with van der Waals surface area (Å²) in [6.45, 7) is 7.83. The molecule has 2 aromatic heterocycles. The summed E-state index contributed by atoms with van der Waals surface area (Å²) in [7, 11) is 0. The van der Waals surface area contributed by atoms with Crippen LogP contribution in [0.4, 0.5) is 0 Å². The zero-order valence-corrected chi connectivity index (χ0v) is 71.2. The summed E-state index contributed by atoms with van der Waals surface area (Å²) in [5.74, 6) is -27.1. The van der Waals surface area contributed by atoms with Crippen molar-refractivity contribution in [3.05, 3.63) is 203 Å². The summed E-state index contributed by atoms with van der Waals surface area (Å²) in [5, 5.41) is 104. The molecule has 44 heteroatoms. The molecule has 0 aliphatic heterocycles. The predicted molar refractivity (Wildman–Crippen MR) is 457 cm³/mol. The molecule has 7 rings (SSSR count). The second-order valence-corrected chi connectivity index (χ2v) is 31.0. The van der Waals surface area contributed by atoms with Gasteiger partial charge in [-0.15, -0.1) is 5.10 Å². The van der Waals surface area contributed by atoms with Gasteiger partial charge in [0.1, 0.15) is 72.2 Å². The number of H-pyrrole nitrogens is 1. The first-order valence-electron chi connectivity index (χ1n) is 40.6. The lowest BCUT2D eigenvalue weighted by Crippen LogP contribution is -2.61. The number of primary amides is 1. The number of nitrogens with two attached hydrogens (primary N) is 2. The van der Waals surface area contributed by atoms with Crippen LogP contribution in [-0.2, 0) is 106 Å². The maximum Gasteiger partial charge on any atom is 0.305 e. The fourth-order valence-corrected chi connectivity index (χ4v) is 13.2. The van der Waals surface area contributed by atoms with E-state index >= 15 is 0 Å². The topological polar surface area (TPSA) is 705 Å². The molecule has 0 bridgehead atoms. The molecule has 0 spiro atoms. The molecule has 0 radical (unpaired) electrons. The number of amides is 13. The molecule has 13 amide bonds. The molecule has 0 saturated heterocycles. The summed E-state index contributed by atoms with van der Waals surface area (Å²) < 4.78 is 1.47. The molecule has 7 aromatic rings. The zero-order chi connectivity index (χ0) is 95.8. The number of phenolic OH excluding ortho intramolecular Hbond substituents is 1. The molecule has 0 aliphatic rings. The van der Waals surface area contributed by atoms with Gasteiger partial charge in [-0.1, -0.05) is 160 Å². The Hall–Kier alpha value is -15.6. The van der Waals surface area contributed by atoms with Crippen LogP contribution in [0.2, 0.25) is 0 Å². The number of nitrogens with one attached hydrogen (secondary N) is 13. The fourth-order valence-electron chi connectivity index (χ4n) is 13.2. The molecule has 13 unspecified atom stereocenters. The van der Waals surface area contributed by atoms with Gasteiger partial charge in [0.05, 0.1) is 81.3 Å². The number of carboxylic acid groups (broad SMARTS) is 5. The van der Waals surface area contributed by atoms with Crippen molar-refractivity contribution in [3.8, 4) is 5.75 Å². The Kier molecular flexibility index (Phi) is 38.0. The van der Waals surface area contributed by atoms with Crippen LogP contribution in [0.5, 0.6) is 5.75 Å². The van der Waals surface area contributed by atoms with Gasteiger partial charge in [-0.05, 0) is 88.8 Å². The van der Waals surface area contributed by atoms with E-state index in [9.17, 15) is 122 Å². The fraction of sp³-hybridized carbons (Fsp3) is 0.360. The highest BCUT2D eigenvalue weighted by Gasteiger charge is 2.40. The molecule has 2 heterocycles. The number of aromatic nitrogens is 5. The van der Waals surface area contributed by atoms with E-state index in [1.54, 1.807) is 13.8 Å². The van der Waals surface area contributed by atoms with E-state index < -0.39 is 230 Å². The van der Waals surface area contributed by atoms with E-state index in [4.69, 9.17) is 11.5 Å². The Morgan fingerprint density at radius 3 is 1.24 bits per heavy atom. The highest BCUT2D eigenvalue weighted by Crippen LogP contribution is 2.37. The number of nitrogens with zero attached hydrogens (tertiary/aromatic N) is 4. The summed E-state index contributed by atoms with van der Waals surface area (Å²) in [5.41, 5.74) is 18.6. The van der Waals surface area contributed by atoms with Crippen LogP contribution in [0.1, 0.15) is 131 Å². The van der Waals surface area contributed by atoms with Crippen LogP contribution in [0.15, 0.2) is 158 Å². The number of aliphatic hydroxyl groups excluding tert-OH is 1. The summed E-state index contributed by atoms with van der Waals surface area (Å²) in [6, 6.07) is 20.4. The van der Waals surface area contributed by atoms with Crippen LogP contribution in [0.25, 0.3) is 11.1 Å². The average molecular weight is 1800 g/mol. The van der Waals surface area contributed by atoms with Crippen LogP contribution in [-0.4, -0.2) is 246 Å². The van der Waals surface area contributed by atoms with Crippen molar-refractivity contribution in [2.24, 2.45) is 23.3 Å². The van der Waals surface area contributed by atoms with Gasteiger partial charge in [-0.3, -0.25) is 86.3 Å². The molecule has 130 heavy (non-hydrogen) atoms. The SMILES string of the molecule is CC(C)CC(NC(=O)C(NC(=O)C(NC(=O)C(CC(=O)O)NC(=O)C(CC(=O)O)NC(=O)C(CC(=O)O)NC(=O)C(CC(=O)O)NC(=O)C(CC(=O)O)NC(=O)C(N)Cc1cn(Cc2ccc(C(=C(c3ccccc3)c3ccccc3)c3ccccc3)cc2)nn1)C(C)C)c1cnc[nH]1)C(=O)NCC(=O)NC(Cc1ccc(O)cc1)C(=O)NC(C)C(=O)NC(C(N)=O)C(C)O. The Morgan fingerprint density at radius 1 is 0.423 bits per heavy atom. The lowest BCUT2D eigenvalue weighted by molar-refractivity contribution is -0.145. The lowest BCUT2D eigenvalue weighted by Gasteiger charge is -2.28. The lowest BCUT2D eigenvalue weighted by atomic mass is 9.85. The van der Waals surface area contributed by atoms with Crippen molar-refractivity contribution in [2.75, 3.05) is 6.54 Å². The zero-order valence-electron chi connectivity index (χ0n) is 71.2. The van der Waals surface area contributed by atoms with Crippen LogP contribution in [0.3, 0.4) is 0 Å². The Morgan fingerprint density at radius 2 is 0.831 bits per heavy atom. The standard InChI is InChI=1S/C86H103N19O25/c1-43(2)30-56(78(122)90-39-64(108)93-57(31-47-24-28-54(107)29-25-47)79(123)92-45(5)76(120)101-73(46(6)106)75(88)119)99-86(130)74(63-38-89-42-91-63)102-85(129)72(44(3)4)100-84(128)62(37-69(117)118)98-83(127)61(36-68(115)116)97-82(126)60(35-67(113)114)96-81(125)59(34-66(111)112)95-80(124)58(33-65(109)110)94-77(121)55(87)32-53-41-105(104-103-53)40-48-22-26-52(27-23-48)71(51-20-14-9-15-21-51)70(49-16-10-7-11-17-49)50-18-12-8-13-19-50/h7-29,38,41-46,55-62,72-74,106-107H,30-37,39-40,87H2,1-6H3,(H2,88,119)(H,89,91)(H,90,122)(H,92,123)(H,93,108)(H,94,121)(H,95,124)(H,96,125)(H,97,126)(H,98,127)(H,99,130)(H,100,128)(H,101,120)(H,102,129)(H,109,110)(H,111,112)(H,113,114)(H,115,116)(H,117,118). The van der Waals surface area contributed by atoms with Gasteiger partial charge < -0.3 is 116 Å². The van der Waals surface area contributed by atoms with Gasteiger partial charge in [-0.2, -0.15) is 0 Å². The number of carbonyl (C=O) groups excluding carboxylic acids is 13. The number of benzene rings is 5. The smallest absolute Gasteiger partial charge is 0.305 e. The average Bonchev–Trinajstić information content (AvgIpc) is 0.788. The monoisotopic (exact) mass is 1800 g/mol. The number of carboxylic acids is 5. The van der Waals surface area contributed by atoms with Crippen molar-refractivity contribution < 1.29 is 122 Å². The molecular weight excluding hydrogens is 1700 g/mol. The van der Waals surface area contributed by atoms with E-state index in [0.717, 1.165) is 51.5 Å². The number of hydrogen-bond acceptors (Lipinski definition) is 24. The first-order valence-corrected chi connectivity index (χ1v) is 40.6. The maximum absolute atomic E-state index is 14.4. The van der Waals surface area contributed by atoms with Gasteiger partial charge in [0.2, 0.25) is 76.8 Å². The van der Waals surface area contributed by atoms with Gasteiger partial charge >= 0.3 is 29.8 Å². The van der Waals surface area contributed by atoms with E-state index in [-0.39, 0.29) is 48.9 Å². The number of carbonyl (C=O) groups is 18. The Bertz CT molecular complexity index is 5190. The second kappa shape index (κ2) is 48.7. The van der Waals surface area contributed by atoms with Crippen LogP contribution >= 0.6 is 0 Å². The minimum Gasteiger partial charge on any atom is -0.508 e. The number of rotatable bonds is 50. The van der Waals surface area contributed by atoms with Crippen molar-refractivity contribution >= 4 is 118 Å².